The zero-order valence-electron chi connectivity index (χ0n) is 9.88. The minimum atomic E-state index is -0.145. The van der Waals surface area contributed by atoms with E-state index < -0.39 is 0 Å². The average molecular weight is 263 g/mol. The lowest BCUT2D eigenvalue weighted by atomic mass is 10.3. The van der Waals surface area contributed by atoms with Crippen LogP contribution in [0, 0.1) is 6.92 Å². The van der Waals surface area contributed by atoms with E-state index in [4.69, 9.17) is 5.73 Å². The summed E-state index contributed by atoms with van der Waals surface area (Å²) in [6, 6.07) is 2.16. The fourth-order valence-electron chi connectivity index (χ4n) is 1.79. The molecule has 0 unspecified atom stereocenters. The van der Waals surface area contributed by atoms with Crippen LogP contribution < -0.4 is 11.4 Å². The maximum Gasteiger partial charge on any atom is 0.344 e. The molecule has 18 heavy (non-hydrogen) atoms. The van der Waals surface area contributed by atoms with Crippen LogP contribution in [0.3, 0.4) is 0 Å². The highest BCUT2D eigenvalue weighted by Crippen LogP contribution is 2.37. The number of hydrogen-bond donors (Lipinski definition) is 2. The Balaban J connectivity index is 1.94. The van der Waals surface area contributed by atoms with Gasteiger partial charge in [-0.3, -0.25) is 4.57 Å². The fraction of sp³-hybridized carbons (Fsp3) is 0.364. The molecule has 0 amide bonds. The summed E-state index contributed by atoms with van der Waals surface area (Å²) in [6.45, 7) is 1.94. The number of pyridine rings is 1. The number of nitrogens with two attached hydrogens (primary N) is 1. The lowest BCUT2D eigenvalue weighted by Crippen LogP contribution is -2.16. The fourth-order valence-corrected chi connectivity index (χ4v) is 2.71. The molecule has 94 valence electrons. The van der Waals surface area contributed by atoms with Gasteiger partial charge in [-0.15, -0.1) is 5.10 Å². The third-order valence-corrected chi connectivity index (χ3v) is 3.91. The number of rotatable bonds is 3. The second kappa shape index (κ2) is 4.16. The van der Waals surface area contributed by atoms with Crippen LogP contribution in [0.1, 0.15) is 24.4 Å². The third kappa shape index (κ3) is 2.01. The van der Waals surface area contributed by atoms with Gasteiger partial charge in [0, 0.05) is 6.04 Å². The molecule has 1 aliphatic rings. The molecule has 0 spiro atoms. The Morgan fingerprint density at radius 1 is 1.56 bits per heavy atom. The van der Waals surface area contributed by atoms with Gasteiger partial charge in [0.15, 0.2) is 5.16 Å². The third-order valence-electron chi connectivity index (χ3n) is 2.82. The van der Waals surface area contributed by atoms with Gasteiger partial charge >= 0.3 is 5.69 Å². The number of nitrogens with one attached hydrogen (secondary N) is 1. The monoisotopic (exact) mass is 263 g/mol. The van der Waals surface area contributed by atoms with Gasteiger partial charge in [-0.1, -0.05) is 0 Å². The number of nitrogen functional groups attached to an aromatic ring is 1. The number of aromatic amines is 1. The molecule has 0 radical (unpaired) electrons. The van der Waals surface area contributed by atoms with Crippen LogP contribution in [0.4, 0.5) is 5.69 Å². The van der Waals surface area contributed by atoms with Gasteiger partial charge in [0.1, 0.15) is 5.03 Å². The number of anilines is 1. The van der Waals surface area contributed by atoms with E-state index in [-0.39, 0.29) is 5.69 Å². The lowest BCUT2D eigenvalue weighted by molar-refractivity contribution is 0.642. The molecular formula is C11H13N5OS. The SMILES string of the molecule is Cc1cc(N)cnc1Sc1n[nH]c(=O)n1C1CC1. The maximum absolute atomic E-state index is 11.6. The summed E-state index contributed by atoms with van der Waals surface area (Å²) in [5, 5.41) is 8.04. The van der Waals surface area contributed by atoms with Crippen molar-refractivity contribution < 1.29 is 0 Å². The second-order valence-corrected chi connectivity index (χ2v) is 5.36. The smallest absolute Gasteiger partial charge is 0.344 e. The van der Waals surface area contributed by atoms with Crippen molar-refractivity contribution in [1.82, 2.24) is 19.7 Å². The van der Waals surface area contributed by atoms with Crippen LogP contribution in [0.25, 0.3) is 0 Å². The van der Waals surface area contributed by atoms with Crippen molar-refractivity contribution in [2.24, 2.45) is 0 Å². The standard InChI is InChI=1S/C11H13N5OS/c1-6-4-7(12)5-13-9(6)18-11-15-14-10(17)16(11)8-2-3-8/h4-5,8H,2-3,12H2,1H3,(H,14,17). The van der Waals surface area contributed by atoms with Gasteiger partial charge in [-0.05, 0) is 43.2 Å². The first kappa shape index (κ1) is 11.3. The molecule has 0 bridgehead atoms. The Morgan fingerprint density at radius 2 is 2.33 bits per heavy atom. The van der Waals surface area contributed by atoms with Gasteiger partial charge in [-0.2, -0.15) is 0 Å². The highest BCUT2D eigenvalue weighted by molar-refractivity contribution is 7.99. The van der Waals surface area contributed by atoms with E-state index in [9.17, 15) is 4.79 Å². The summed E-state index contributed by atoms with van der Waals surface area (Å²) in [5.74, 6) is 0. The highest BCUT2D eigenvalue weighted by atomic mass is 32.2. The predicted octanol–water partition coefficient (Wildman–Crippen LogP) is 1.34. The normalized spacial score (nSPS) is 14.9. The van der Waals surface area contributed by atoms with Gasteiger partial charge in [0.05, 0.1) is 11.9 Å². The summed E-state index contributed by atoms with van der Waals surface area (Å²) >= 11 is 1.39. The van der Waals surface area contributed by atoms with E-state index in [0.29, 0.717) is 16.9 Å². The molecule has 2 aromatic rings. The van der Waals surface area contributed by atoms with Gasteiger partial charge < -0.3 is 5.73 Å². The molecule has 1 saturated carbocycles. The van der Waals surface area contributed by atoms with Crippen LogP contribution in [0.15, 0.2) is 27.2 Å². The first-order valence-electron chi connectivity index (χ1n) is 5.72. The Labute approximate surface area is 108 Å². The molecule has 1 aliphatic carbocycles. The van der Waals surface area contributed by atoms with Crippen molar-refractivity contribution in [3.05, 3.63) is 28.3 Å². The number of aromatic nitrogens is 4. The molecule has 6 nitrogen and oxygen atoms in total. The minimum absolute atomic E-state index is 0.145. The van der Waals surface area contributed by atoms with Crippen molar-refractivity contribution in [3.8, 4) is 0 Å². The first-order valence-corrected chi connectivity index (χ1v) is 6.53. The molecule has 3 N–H and O–H groups in total. The van der Waals surface area contributed by atoms with Crippen molar-refractivity contribution >= 4 is 17.4 Å². The van der Waals surface area contributed by atoms with E-state index in [2.05, 4.69) is 15.2 Å². The van der Waals surface area contributed by atoms with Crippen LogP contribution in [0.5, 0.6) is 0 Å². The molecule has 7 heteroatoms. The zero-order valence-corrected chi connectivity index (χ0v) is 10.7. The average Bonchev–Trinajstić information content (AvgIpc) is 3.08. The number of hydrogen-bond acceptors (Lipinski definition) is 5. The summed E-state index contributed by atoms with van der Waals surface area (Å²) in [7, 11) is 0. The molecule has 0 saturated heterocycles. The Bertz CT molecular complexity index is 643. The van der Waals surface area contributed by atoms with Gasteiger partial charge in [-0.25, -0.2) is 14.9 Å². The van der Waals surface area contributed by atoms with E-state index >= 15 is 0 Å². The van der Waals surface area contributed by atoms with Crippen molar-refractivity contribution in [3.63, 3.8) is 0 Å². The van der Waals surface area contributed by atoms with Crippen LogP contribution in [-0.4, -0.2) is 19.7 Å². The summed E-state index contributed by atoms with van der Waals surface area (Å²) < 4.78 is 1.71. The minimum Gasteiger partial charge on any atom is -0.397 e. The molecule has 2 heterocycles. The molecule has 0 aliphatic heterocycles. The molecule has 3 rings (SSSR count). The first-order chi connectivity index (χ1) is 8.65. The summed E-state index contributed by atoms with van der Waals surface area (Å²) in [6.07, 6.45) is 3.70. The summed E-state index contributed by atoms with van der Waals surface area (Å²) in [5.41, 5.74) is 7.14. The summed E-state index contributed by atoms with van der Waals surface area (Å²) in [4.78, 5) is 15.9. The van der Waals surface area contributed by atoms with Crippen LogP contribution in [-0.2, 0) is 0 Å². The Hall–Kier alpha value is -1.76. The van der Waals surface area contributed by atoms with Crippen molar-refractivity contribution in [1.29, 1.82) is 0 Å². The van der Waals surface area contributed by atoms with E-state index in [1.807, 2.05) is 13.0 Å². The van der Waals surface area contributed by atoms with E-state index in [1.165, 1.54) is 11.8 Å². The molecule has 1 fully saturated rings. The van der Waals surface area contributed by atoms with E-state index in [1.54, 1.807) is 10.8 Å². The molecule has 2 aromatic heterocycles. The molecular weight excluding hydrogens is 250 g/mol. The van der Waals surface area contributed by atoms with Crippen LogP contribution >= 0.6 is 11.8 Å². The topological polar surface area (TPSA) is 89.6 Å². The maximum atomic E-state index is 11.6. The number of H-pyrrole nitrogens is 1. The van der Waals surface area contributed by atoms with Crippen molar-refractivity contribution in [2.45, 2.75) is 36.0 Å². The molecule has 0 aromatic carbocycles. The lowest BCUT2D eigenvalue weighted by Gasteiger charge is -2.05. The zero-order chi connectivity index (χ0) is 12.7. The Kier molecular flexibility index (Phi) is 2.62. The number of aryl methyl sites for hydroxylation is 1. The van der Waals surface area contributed by atoms with Gasteiger partial charge in [0.25, 0.3) is 0 Å². The van der Waals surface area contributed by atoms with Crippen molar-refractivity contribution in [2.75, 3.05) is 5.73 Å². The predicted molar refractivity (Wildman–Crippen MR) is 68.6 cm³/mol. The van der Waals surface area contributed by atoms with Crippen LogP contribution in [0.2, 0.25) is 0 Å². The van der Waals surface area contributed by atoms with Gasteiger partial charge in [0.2, 0.25) is 0 Å². The highest BCUT2D eigenvalue weighted by Gasteiger charge is 2.29. The number of nitrogens with zero attached hydrogens (tertiary/aromatic N) is 3. The Morgan fingerprint density at radius 3 is 3.00 bits per heavy atom. The molecule has 0 atom stereocenters. The van der Waals surface area contributed by atoms with E-state index in [0.717, 1.165) is 23.4 Å². The quantitative estimate of drug-likeness (QED) is 0.872. The second-order valence-electron chi connectivity index (χ2n) is 4.41. The largest absolute Gasteiger partial charge is 0.397 e.